The Labute approximate surface area is 136 Å². The Balaban J connectivity index is 0.000000211. The van der Waals surface area contributed by atoms with E-state index in [2.05, 4.69) is 37.0 Å². The van der Waals surface area contributed by atoms with Gasteiger partial charge in [-0.3, -0.25) is 4.79 Å². The van der Waals surface area contributed by atoms with Gasteiger partial charge in [-0.05, 0) is 61.7 Å². The van der Waals surface area contributed by atoms with Crippen LogP contribution < -0.4 is 0 Å². The van der Waals surface area contributed by atoms with Crippen LogP contribution in [0.4, 0.5) is 8.78 Å². The third-order valence-electron chi connectivity index (χ3n) is 2.23. The summed E-state index contributed by atoms with van der Waals surface area (Å²) < 4.78 is 26.0. The number of oxime groups is 1. The van der Waals surface area contributed by atoms with Crippen LogP contribution in [0.25, 0.3) is 0 Å². The second kappa shape index (κ2) is 8.63. The summed E-state index contributed by atoms with van der Waals surface area (Å²) in [4.78, 5) is 10.1. The second-order valence-electron chi connectivity index (χ2n) is 3.71. The van der Waals surface area contributed by atoms with Gasteiger partial charge in [-0.15, -0.1) is 0 Å². The molecule has 0 saturated carbocycles. The quantitative estimate of drug-likeness (QED) is 0.328. The molecule has 1 N–H and O–H groups in total. The number of carbonyl (C=O) groups is 1. The zero-order valence-corrected chi connectivity index (χ0v) is 13.6. The number of hydrogen-bond donors (Lipinski definition) is 1. The molecule has 110 valence electrons. The minimum atomic E-state index is -0.412. The van der Waals surface area contributed by atoms with Gasteiger partial charge in [-0.25, -0.2) is 8.78 Å². The van der Waals surface area contributed by atoms with Crippen molar-refractivity contribution >= 4 is 44.4 Å². The fourth-order valence-corrected chi connectivity index (χ4v) is 1.74. The molecular formula is C14H9Br2F2NO2. The minimum absolute atomic E-state index is 0.348. The van der Waals surface area contributed by atoms with Gasteiger partial charge in [-0.1, -0.05) is 17.3 Å². The molecule has 2 aromatic rings. The molecule has 0 unspecified atom stereocenters. The number of hydrogen-bond acceptors (Lipinski definition) is 3. The number of halogens is 4. The maximum absolute atomic E-state index is 12.7. The number of rotatable bonds is 2. The monoisotopic (exact) mass is 419 g/mol. The topological polar surface area (TPSA) is 49.7 Å². The first-order valence-electron chi connectivity index (χ1n) is 5.50. The highest BCUT2D eigenvalue weighted by Crippen LogP contribution is 2.15. The molecule has 7 heteroatoms. The van der Waals surface area contributed by atoms with Crippen LogP contribution in [0.3, 0.4) is 0 Å². The molecule has 0 aliphatic carbocycles. The van der Waals surface area contributed by atoms with Gasteiger partial charge in [0.25, 0.3) is 0 Å². The van der Waals surface area contributed by atoms with Crippen molar-refractivity contribution in [1.82, 2.24) is 0 Å². The molecule has 0 aromatic heterocycles. The molecule has 0 aliphatic rings. The van der Waals surface area contributed by atoms with Crippen LogP contribution >= 0.6 is 31.9 Å². The number of carbonyl (C=O) groups excluding carboxylic acids is 1. The largest absolute Gasteiger partial charge is 0.411 e. The average molecular weight is 421 g/mol. The van der Waals surface area contributed by atoms with Crippen molar-refractivity contribution in [2.75, 3.05) is 0 Å². The molecular weight excluding hydrogens is 412 g/mol. The van der Waals surface area contributed by atoms with Gasteiger partial charge in [0.15, 0.2) is 0 Å². The summed E-state index contributed by atoms with van der Waals surface area (Å²) in [5.74, 6) is -0.785. The van der Waals surface area contributed by atoms with Crippen molar-refractivity contribution in [1.29, 1.82) is 0 Å². The predicted molar refractivity (Wildman–Crippen MR) is 83.0 cm³/mol. The number of nitrogens with zero attached hydrogens (tertiary/aromatic N) is 1. The van der Waals surface area contributed by atoms with Gasteiger partial charge < -0.3 is 5.21 Å². The van der Waals surface area contributed by atoms with E-state index >= 15 is 0 Å². The third kappa shape index (κ3) is 5.73. The molecule has 0 spiro atoms. The van der Waals surface area contributed by atoms with E-state index in [9.17, 15) is 13.6 Å². The van der Waals surface area contributed by atoms with Crippen LogP contribution in [0.5, 0.6) is 0 Å². The highest BCUT2D eigenvalue weighted by molar-refractivity contribution is 9.10. The van der Waals surface area contributed by atoms with Crippen LogP contribution in [0.15, 0.2) is 50.5 Å². The lowest BCUT2D eigenvalue weighted by molar-refractivity contribution is 0.112. The van der Waals surface area contributed by atoms with E-state index < -0.39 is 5.82 Å². The van der Waals surface area contributed by atoms with Crippen molar-refractivity contribution in [2.24, 2.45) is 5.16 Å². The Morgan fingerprint density at radius 2 is 1.43 bits per heavy atom. The van der Waals surface area contributed by atoms with Gasteiger partial charge >= 0.3 is 0 Å². The lowest BCUT2D eigenvalue weighted by Crippen LogP contribution is -1.83. The number of aldehydes is 1. The average Bonchev–Trinajstić information content (AvgIpc) is 2.47. The maximum Gasteiger partial charge on any atom is 0.150 e. The third-order valence-corrected chi connectivity index (χ3v) is 3.52. The summed E-state index contributed by atoms with van der Waals surface area (Å²) in [7, 11) is 0. The van der Waals surface area contributed by atoms with E-state index in [-0.39, 0.29) is 5.82 Å². The maximum atomic E-state index is 12.7. The summed E-state index contributed by atoms with van der Waals surface area (Å²) in [5.41, 5.74) is 0.869. The van der Waals surface area contributed by atoms with Gasteiger partial charge in [0, 0.05) is 5.56 Å². The molecule has 2 aromatic carbocycles. The van der Waals surface area contributed by atoms with E-state index in [1.54, 1.807) is 18.2 Å². The molecule has 0 aliphatic heterocycles. The van der Waals surface area contributed by atoms with E-state index in [4.69, 9.17) is 5.21 Å². The molecule has 0 amide bonds. The van der Waals surface area contributed by atoms with E-state index in [1.807, 2.05) is 0 Å². The van der Waals surface area contributed by atoms with E-state index in [0.717, 1.165) is 6.21 Å². The van der Waals surface area contributed by atoms with E-state index in [0.29, 0.717) is 26.4 Å². The zero-order valence-electron chi connectivity index (χ0n) is 10.4. The summed E-state index contributed by atoms with van der Waals surface area (Å²) in [6.45, 7) is 0. The fourth-order valence-electron chi connectivity index (χ4n) is 1.25. The Kier molecular flexibility index (Phi) is 7.18. The van der Waals surface area contributed by atoms with Crippen molar-refractivity contribution in [3.63, 3.8) is 0 Å². The molecule has 0 heterocycles. The summed E-state index contributed by atoms with van der Waals surface area (Å²) in [6, 6.07) is 8.67. The van der Waals surface area contributed by atoms with Crippen LogP contribution in [-0.4, -0.2) is 17.7 Å². The Morgan fingerprint density at radius 1 is 0.952 bits per heavy atom. The molecule has 21 heavy (non-hydrogen) atoms. The van der Waals surface area contributed by atoms with Crippen LogP contribution in [0.2, 0.25) is 0 Å². The first kappa shape index (κ1) is 17.5. The lowest BCUT2D eigenvalue weighted by Gasteiger charge is -1.94. The molecule has 0 fully saturated rings. The molecule has 0 radical (unpaired) electrons. The standard InChI is InChI=1S/C7H5BrFNO.C7H4BrFO/c8-6-2-1-5(4-10-11)3-7(6)9;8-6-2-1-5(4-10)3-7(6)9/h1-4,11H;1-4H. The fraction of sp³-hybridized carbons (Fsp3) is 0. The van der Waals surface area contributed by atoms with Gasteiger partial charge in [0.2, 0.25) is 0 Å². The molecule has 3 nitrogen and oxygen atoms in total. The molecule has 0 bridgehead atoms. The molecule has 2 rings (SSSR count). The number of benzene rings is 2. The van der Waals surface area contributed by atoms with Gasteiger partial charge in [0.05, 0.1) is 15.2 Å². The Bertz CT molecular complexity index is 663. The summed E-state index contributed by atoms with van der Waals surface area (Å²) >= 11 is 5.97. The SMILES string of the molecule is O=Cc1ccc(Br)c(F)c1.ON=Cc1ccc(Br)c(F)c1. The first-order valence-corrected chi connectivity index (χ1v) is 7.09. The minimum Gasteiger partial charge on any atom is -0.411 e. The van der Waals surface area contributed by atoms with Crippen LogP contribution in [-0.2, 0) is 0 Å². The van der Waals surface area contributed by atoms with Crippen molar-refractivity contribution in [3.8, 4) is 0 Å². The smallest absolute Gasteiger partial charge is 0.150 e. The lowest BCUT2D eigenvalue weighted by atomic mass is 10.2. The highest BCUT2D eigenvalue weighted by atomic mass is 79.9. The Morgan fingerprint density at radius 3 is 1.86 bits per heavy atom. The van der Waals surface area contributed by atoms with Crippen molar-refractivity contribution in [3.05, 3.63) is 68.1 Å². The highest BCUT2D eigenvalue weighted by Gasteiger charge is 1.98. The van der Waals surface area contributed by atoms with E-state index in [1.165, 1.54) is 18.2 Å². The molecule has 0 saturated heterocycles. The van der Waals surface area contributed by atoms with Crippen LogP contribution in [0.1, 0.15) is 15.9 Å². The summed E-state index contributed by atoms with van der Waals surface area (Å²) in [6.07, 6.45) is 1.77. The van der Waals surface area contributed by atoms with Crippen molar-refractivity contribution in [2.45, 2.75) is 0 Å². The van der Waals surface area contributed by atoms with Gasteiger partial charge in [0.1, 0.15) is 17.9 Å². The second-order valence-corrected chi connectivity index (χ2v) is 5.42. The van der Waals surface area contributed by atoms with Crippen LogP contribution in [0, 0.1) is 11.6 Å². The summed E-state index contributed by atoms with van der Waals surface area (Å²) in [5, 5.41) is 10.9. The normalized spacial score (nSPS) is 10.1. The van der Waals surface area contributed by atoms with Gasteiger partial charge in [-0.2, -0.15) is 0 Å². The Hall–Kier alpha value is -1.60. The zero-order chi connectivity index (χ0) is 15.8. The predicted octanol–water partition coefficient (Wildman–Crippen LogP) is 4.80. The van der Waals surface area contributed by atoms with Crippen molar-refractivity contribution < 1.29 is 18.8 Å². The molecule has 0 atom stereocenters. The first-order chi connectivity index (χ1) is 9.97.